The summed E-state index contributed by atoms with van der Waals surface area (Å²) >= 11 is 3.84. The molecule has 0 saturated heterocycles. The molecule has 2 heteroatoms. The van der Waals surface area contributed by atoms with Crippen LogP contribution in [0.1, 0.15) is 48.0 Å². The maximum Gasteiger partial charge on any atom is 0.150 e. The van der Waals surface area contributed by atoms with E-state index in [2.05, 4.69) is 22.0 Å². The third-order valence-electron chi connectivity index (χ3n) is 3.22. The molecule has 80 valence electrons. The molecule has 0 atom stereocenters. The lowest BCUT2D eigenvalue weighted by Crippen LogP contribution is -2.23. The first-order valence-corrected chi connectivity index (χ1v) is 6.29. The van der Waals surface area contributed by atoms with Crippen LogP contribution in [0.3, 0.4) is 0 Å². The SMILES string of the molecule is O=Cc1ccccc1C1(Br)CCCCC1. The van der Waals surface area contributed by atoms with E-state index in [1.54, 1.807) is 0 Å². The summed E-state index contributed by atoms with van der Waals surface area (Å²) in [5.41, 5.74) is 2.00. The number of halogens is 1. The van der Waals surface area contributed by atoms with Gasteiger partial charge in [0.25, 0.3) is 0 Å². The van der Waals surface area contributed by atoms with E-state index in [4.69, 9.17) is 0 Å². The normalized spacial score (nSPS) is 19.8. The van der Waals surface area contributed by atoms with Gasteiger partial charge in [0.2, 0.25) is 0 Å². The minimum absolute atomic E-state index is 0.0444. The molecule has 0 amide bonds. The predicted octanol–water partition coefficient (Wildman–Crippen LogP) is 4.05. The quantitative estimate of drug-likeness (QED) is 0.583. The first-order valence-electron chi connectivity index (χ1n) is 5.50. The molecule has 1 aromatic rings. The number of carbonyl (C=O) groups excluding carboxylic acids is 1. The number of alkyl halides is 1. The number of hydrogen-bond donors (Lipinski definition) is 0. The zero-order valence-electron chi connectivity index (χ0n) is 8.71. The molecule has 1 saturated carbocycles. The van der Waals surface area contributed by atoms with Crippen molar-refractivity contribution in [3.63, 3.8) is 0 Å². The van der Waals surface area contributed by atoms with Crippen molar-refractivity contribution in [2.45, 2.75) is 36.4 Å². The van der Waals surface area contributed by atoms with Crippen molar-refractivity contribution in [3.05, 3.63) is 35.4 Å². The number of hydrogen-bond acceptors (Lipinski definition) is 1. The highest BCUT2D eigenvalue weighted by atomic mass is 79.9. The average Bonchev–Trinajstić information content (AvgIpc) is 2.30. The summed E-state index contributed by atoms with van der Waals surface area (Å²) in [7, 11) is 0. The molecule has 1 aliphatic rings. The van der Waals surface area contributed by atoms with E-state index < -0.39 is 0 Å². The first-order chi connectivity index (χ1) is 7.26. The molecule has 0 radical (unpaired) electrons. The van der Waals surface area contributed by atoms with Crippen LogP contribution in [-0.2, 0) is 4.32 Å². The molecule has 0 unspecified atom stereocenters. The standard InChI is InChI=1S/C13H15BrO/c14-13(8-4-1-5-9-13)12-7-3-2-6-11(12)10-15/h2-3,6-7,10H,1,4-5,8-9H2. The molecular weight excluding hydrogens is 252 g/mol. The zero-order valence-corrected chi connectivity index (χ0v) is 10.3. The van der Waals surface area contributed by atoms with Crippen molar-refractivity contribution in [1.82, 2.24) is 0 Å². The average molecular weight is 267 g/mol. The van der Waals surface area contributed by atoms with Crippen molar-refractivity contribution in [1.29, 1.82) is 0 Å². The van der Waals surface area contributed by atoms with Crippen LogP contribution >= 0.6 is 15.9 Å². The van der Waals surface area contributed by atoms with Crippen LogP contribution in [0.25, 0.3) is 0 Å². The second-order valence-corrected chi connectivity index (χ2v) is 5.75. The van der Waals surface area contributed by atoms with Gasteiger partial charge in [-0.25, -0.2) is 0 Å². The van der Waals surface area contributed by atoms with Crippen molar-refractivity contribution < 1.29 is 4.79 Å². The number of benzene rings is 1. The number of rotatable bonds is 2. The minimum Gasteiger partial charge on any atom is -0.298 e. The fourth-order valence-electron chi connectivity index (χ4n) is 2.39. The lowest BCUT2D eigenvalue weighted by Gasteiger charge is -2.33. The van der Waals surface area contributed by atoms with E-state index in [1.165, 1.54) is 24.8 Å². The molecule has 1 aromatic carbocycles. The maximum atomic E-state index is 11.0. The summed E-state index contributed by atoms with van der Waals surface area (Å²) < 4.78 is 0.0444. The Labute approximate surface area is 99.0 Å². The van der Waals surface area contributed by atoms with Crippen LogP contribution in [0.4, 0.5) is 0 Å². The van der Waals surface area contributed by atoms with E-state index >= 15 is 0 Å². The molecule has 1 nitrogen and oxygen atoms in total. The molecule has 15 heavy (non-hydrogen) atoms. The highest BCUT2D eigenvalue weighted by Crippen LogP contribution is 2.45. The fraction of sp³-hybridized carbons (Fsp3) is 0.462. The van der Waals surface area contributed by atoms with Gasteiger partial charge in [0.15, 0.2) is 0 Å². The van der Waals surface area contributed by atoms with Gasteiger partial charge in [-0.15, -0.1) is 0 Å². The first kappa shape index (κ1) is 10.9. The Balaban J connectivity index is 2.38. The largest absolute Gasteiger partial charge is 0.298 e. The number of aldehydes is 1. The molecule has 0 N–H and O–H groups in total. The summed E-state index contributed by atoms with van der Waals surface area (Å²) in [6, 6.07) is 7.91. The van der Waals surface area contributed by atoms with Crippen LogP contribution < -0.4 is 0 Å². The van der Waals surface area contributed by atoms with Crippen molar-refractivity contribution in [2.24, 2.45) is 0 Å². The van der Waals surface area contributed by atoms with Gasteiger partial charge in [-0.3, -0.25) is 4.79 Å². The van der Waals surface area contributed by atoms with Crippen molar-refractivity contribution in [2.75, 3.05) is 0 Å². The molecular formula is C13H15BrO. The van der Waals surface area contributed by atoms with E-state index in [1.807, 2.05) is 18.2 Å². The van der Waals surface area contributed by atoms with Gasteiger partial charge in [-0.1, -0.05) is 59.5 Å². The zero-order chi connectivity index (χ0) is 10.7. The molecule has 0 bridgehead atoms. The Morgan fingerprint density at radius 3 is 2.47 bits per heavy atom. The maximum absolute atomic E-state index is 11.0. The Bertz CT molecular complexity index is 353. The summed E-state index contributed by atoms with van der Waals surface area (Å²) in [4.78, 5) is 11.0. The van der Waals surface area contributed by atoms with E-state index in [9.17, 15) is 4.79 Å². The van der Waals surface area contributed by atoms with Gasteiger partial charge >= 0.3 is 0 Å². The summed E-state index contributed by atoms with van der Waals surface area (Å²) in [5, 5.41) is 0. The molecule has 0 aromatic heterocycles. The van der Waals surface area contributed by atoms with Crippen LogP contribution in [0.2, 0.25) is 0 Å². The van der Waals surface area contributed by atoms with Crippen LogP contribution in [0.15, 0.2) is 24.3 Å². The van der Waals surface area contributed by atoms with Gasteiger partial charge in [-0.05, 0) is 18.4 Å². The minimum atomic E-state index is 0.0444. The third kappa shape index (κ3) is 2.15. The van der Waals surface area contributed by atoms with E-state index in [0.29, 0.717) is 0 Å². The van der Waals surface area contributed by atoms with Gasteiger partial charge < -0.3 is 0 Å². The topological polar surface area (TPSA) is 17.1 Å². The van der Waals surface area contributed by atoms with E-state index in [-0.39, 0.29) is 4.32 Å². The second kappa shape index (κ2) is 4.48. The monoisotopic (exact) mass is 266 g/mol. The predicted molar refractivity (Wildman–Crippen MR) is 65.5 cm³/mol. The highest BCUT2D eigenvalue weighted by Gasteiger charge is 2.32. The second-order valence-electron chi connectivity index (χ2n) is 4.23. The van der Waals surface area contributed by atoms with Gasteiger partial charge in [-0.2, -0.15) is 0 Å². The number of carbonyl (C=O) groups is 1. The van der Waals surface area contributed by atoms with Crippen LogP contribution in [0, 0.1) is 0 Å². The lowest BCUT2D eigenvalue weighted by molar-refractivity contribution is 0.112. The van der Waals surface area contributed by atoms with Crippen LogP contribution in [-0.4, -0.2) is 6.29 Å². The fourth-order valence-corrected chi connectivity index (χ4v) is 3.31. The molecule has 1 aliphatic carbocycles. The smallest absolute Gasteiger partial charge is 0.150 e. The Morgan fingerprint density at radius 2 is 1.80 bits per heavy atom. The Kier molecular flexibility index (Phi) is 3.25. The van der Waals surface area contributed by atoms with Crippen LogP contribution in [0.5, 0.6) is 0 Å². The van der Waals surface area contributed by atoms with E-state index in [0.717, 1.165) is 24.7 Å². The van der Waals surface area contributed by atoms with Gasteiger partial charge in [0.1, 0.15) is 6.29 Å². The molecule has 0 aliphatic heterocycles. The van der Waals surface area contributed by atoms with Crippen molar-refractivity contribution >= 4 is 22.2 Å². The molecule has 0 heterocycles. The van der Waals surface area contributed by atoms with Crippen molar-refractivity contribution in [3.8, 4) is 0 Å². The Morgan fingerprint density at radius 1 is 1.13 bits per heavy atom. The highest BCUT2D eigenvalue weighted by molar-refractivity contribution is 9.09. The summed E-state index contributed by atoms with van der Waals surface area (Å²) in [6.07, 6.45) is 7.05. The third-order valence-corrected chi connectivity index (χ3v) is 4.44. The molecule has 2 rings (SSSR count). The Hall–Kier alpha value is -0.630. The molecule has 0 spiro atoms. The van der Waals surface area contributed by atoms with Gasteiger partial charge in [0, 0.05) is 5.56 Å². The summed E-state index contributed by atoms with van der Waals surface area (Å²) in [6.45, 7) is 0. The molecule has 1 fully saturated rings. The summed E-state index contributed by atoms with van der Waals surface area (Å²) in [5.74, 6) is 0. The van der Waals surface area contributed by atoms with Gasteiger partial charge in [0.05, 0.1) is 4.32 Å². The lowest BCUT2D eigenvalue weighted by atomic mass is 9.82.